The first-order chi connectivity index (χ1) is 13.2. The van der Waals surface area contributed by atoms with E-state index in [0.29, 0.717) is 23.0 Å². The van der Waals surface area contributed by atoms with Crippen molar-refractivity contribution in [2.45, 2.75) is 4.90 Å². The molecule has 0 aliphatic rings. The molecule has 0 fully saturated rings. The summed E-state index contributed by atoms with van der Waals surface area (Å²) in [6.07, 6.45) is 0. The highest BCUT2D eigenvalue weighted by Crippen LogP contribution is 2.17. The second kappa shape index (κ2) is 9.75. The van der Waals surface area contributed by atoms with Gasteiger partial charge in [-0.15, -0.1) is 11.8 Å². The lowest BCUT2D eigenvalue weighted by molar-refractivity contribution is 0.0938. The lowest BCUT2D eigenvalue weighted by Crippen LogP contribution is -2.47. The number of hydrogen-bond donors (Lipinski definition) is 4. The summed E-state index contributed by atoms with van der Waals surface area (Å²) in [4.78, 5) is 13.4. The Bertz CT molecular complexity index is 883. The summed E-state index contributed by atoms with van der Waals surface area (Å²) in [5.74, 6) is 0.522. The van der Waals surface area contributed by atoms with Crippen LogP contribution in [0, 0.1) is 0 Å². The molecule has 1 aromatic heterocycles. The minimum atomic E-state index is -0.340. The average Bonchev–Trinajstić information content (AvgIpc) is 3.21. The van der Waals surface area contributed by atoms with Crippen molar-refractivity contribution in [2.75, 3.05) is 12.3 Å². The number of thioether (sulfide) groups is 1. The van der Waals surface area contributed by atoms with E-state index in [1.807, 2.05) is 48.5 Å². The summed E-state index contributed by atoms with van der Waals surface area (Å²) in [5.41, 5.74) is 7.24. The molecule has 3 rings (SSSR count). The molecule has 0 bridgehead atoms. The van der Waals surface area contributed by atoms with Crippen molar-refractivity contribution in [1.82, 2.24) is 26.4 Å². The highest BCUT2D eigenvalue weighted by molar-refractivity contribution is 7.99. The van der Waals surface area contributed by atoms with E-state index < -0.39 is 0 Å². The van der Waals surface area contributed by atoms with Gasteiger partial charge in [-0.1, -0.05) is 48.5 Å². The van der Waals surface area contributed by atoms with Crippen LogP contribution < -0.4 is 16.2 Å². The van der Waals surface area contributed by atoms with Crippen LogP contribution in [-0.2, 0) is 0 Å². The fourth-order valence-electron chi connectivity index (χ4n) is 2.27. The molecule has 8 heteroatoms. The molecule has 0 spiro atoms. The van der Waals surface area contributed by atoms with Crippen LogP contribution >= 0.6 is 24.0 Å². The van der Waals surface area contributed by atoms with Gasteiger partial charge >= 0.3 is 0 Å². The number of aromatic amines is 1. The standard InChI is InChI=1S/C19H19N5OS2/c25-18(17-13-16(21-22-17)14-7-3-1-4-8-14)23-24-19(26)20-11-12-27-15-9-5-2-6-10-15/h1-10,13H,11-12H2,(H,21,22)(H,23,25)(H2,20,24,26). The predicted octanol–water partition coefficient (Wildman–Crippen LogP) is 2.98. The van der Waals surface area contributed by atoms with Gasteiger partial charge < -0.3 is 5.32 Å². The molecule has 27 heavy (non-hydrogen) atoms. The van der Waals surface area contributed by atoms with Gasteiger partial charge in [0, 0.05) is 22.8 Å². The molecule has 0 saturated carbocycles. The monoisotopic (exact) mass is 397 g/mol. The van der Waals surface area contributed by atoms with Gasteiger partial charge in [-0.25, -0.2) is 0 Å². The Balaban J connectivity index is 1.38. The molecule has 3 aromatic rings. The quantitative estimate of drug-likeness (QED) is 0.222. The van der Waals surface area contributed by atoms with Gasteiger partial charge in [0.1, 0.15) is 5.69 Å². The van der Waals surface area contributed by atoms with Gasteiger partial charge in [-0.05, 0) is 30.4 Å². The molecule has 0 aliphatic heterocycles. The van der Waals surface area contributed by atoms with E-state index in [1.165, 1.54) is 4.90 Å². The SMILES string of the molecule is O=C(NNC(=S)NCCSc1ccccc1)c1cc(-c2ccccc2)n[nH]1. The topological polar surface area (TPSA) is 81.8 Å². The molecule has 2 aromatic carbocycles. The summed E-state index contributed by atoms with van der Waals surface area (Å²) in [5, 5.41) is 10.3. The molecular weight excluding hydrogens is 378 g/mol. The number of benzene rings is 2. The molecule has 0 atom stereocenters. The molecule has 1 amide bonds. The molecule has 0 unspecified atom stereocenters. The zero-order valence-electron chi connectivity index (χ0n) is 14.4. The molecule has 138 valence electrons. The number of rotatable bonds is 6. The fourth-order valence-corrected chi connectivity index (χ4v) is 3.21. The van der Waals surface area contributed by atoms with E-state index in [2.05, 4.69) is 38.5 Å². The number of nitrogens with one attached hydrogen (secondary N) is 4. The maximum atomic E-state index is 12.2. The van der Waals surface area contributed by atoms with Crippen molar-refractivity contribution in [1.29, 1.82) is 0 Å². The number of carbonyl (C=O) groups is 1. The Hall–Kier alpha value is -2.84. The van der Waals surface area contributed by atoms with Crippen molar-refractivity contribution in [3.63, 3.8) is 0 Å². The number of amides is 1. The van der Waals surface area contributed by atoms with Gasteiger partial charge in [-0.2, -0.15) is 5.10 Å². The smallest absolute Gasteiger partial charge is 0.287 e. The second-order valence-corrected chi connectivity index (χ2v) is 7.11. The molecule has 0 saturated heterocycles. The third-order valence-corrected chi connectivity index (χ3v) is 4.84. The normalized spacial score (nSPS) is 10.2. The second-order valence-electron chi connectivity index (χ2n) is 5.53. The van der Waals surface area contributed by atoms with Crippen LogP contribution in [0.25, 0.3) is 11.3 Å². The number of aromatic nitrogens is 2. The van der Waals surface area contributed by atoms with Gasteiger partial charge in [0.15, 0.2) is 5.11 Å². The van der Waals surface area contributed by atoms with E-state index in [9.17, 15) is 4.79 Å². The van der Waals surface area contributed by atoms with Gasteiger partial charge in [-0.3, -0.25) is 20.7 Å². The Morgan fingerprint density at radius 2 is 1.74 bits per heavy atom. The summed E-state index contributed by atoms with van der Waals surface area (Å²) >= 11 is 6.90. The molecule has 6 nitrogen and oxygen atoms in total. The van der Waals surface area contributed by atoms with Crippen LogP contribution in [0.3, 0.4) is 0 Å². The van der Waals surface area contributed by atoms with Crippen molar-refractivity contribution in [3.8, 4) is 11.3 Å². The van der Waals surface area contributed by atoms with E-state index in [4.69, 9.17) is 12.2 Å². The Morgan fingerprint density at radius 3 is 2.48 bits per heavy atom. The summed E-state index contributed by atoms with van der Waals surface area (Å²) in [7, 11) is 0. The Labute approximate surface area is 167 Å². The molecule has 4 N–H and O–H groups in total. The van der Waals surface area contributed by atoms with Gasteiger partial charge in [0.2, 0.25) is 0 Å². The van der Waals surface area contributed by atoms with E-state index >= 15 is 0 Å². The van der Waals surface area contributed by atoms with Gasteiger partial charge in [0.05, 0.1) is 5.69 Å². The van der Waals surface area contributed by atoms with Crippen molar-refractivity contribution < 1.29 is 4.79 Å². The number of thiocarbonyl (C=S) groups is 1. The summed E-state index contributed by atoms with van der Waals surface area (Å²) < 4.78 is 0. The molecule has 0 radical (unpaired) electrons. The van der Waals surface area contributed by atoms with Crippen LogP contribution in [0.4, 0.5) is 0 Å². The number of carbonyl (C=O) groups excluding carboxylic acids is 1. The van der Waals surface area contributed by atoms with Crippen LogP contribution in [0.5, 0.6) is 0 Å². The molecule has 0 aliphatic carbocycles. The first kappa shape index (κ1) is 18.9. The zero-order valence-corrected chi connectivity index (χ0v) is 16.1. The summed E-state index contributed by atoms with van der Waals surface area (Å²) in [6.45, 7) is 0.684. The number of hydrogen-bond acceptors (Lipinski definition) is 4. The number of nitrogens with zero attached hydrogens (tertiary/aromatic N) is 1. The predicted molar refractivity (Wildman–Crippen MR) is 112 cm³/mol. The van der Waals surface area contributed by atoms with Crippen molar-refractivity contribution in [3.05, 3.63) is 72.4 Å². The number of H-pyrrole nitrogens is 1. The minimum Gasteiger partial charge on any atom is -0.361 e. The van der Waals surface area contributed by atoms with Crippen LogP contribution in [0.1, 0.15) is 10.5 Å². The Morgan fingerprint density at radius 1 is 1.04 bits per heavy atom. The highest BCUT2D eigenvalue weighted by Gasteiger charge is 2.11. The van der Waals surface area contributed by atoms with Gasteiger partial charge in [0.25, 0.3) is 5.91 Å². The number of hydrazine groups is 1. The molecule has 1 heterocycles. The minimum absolute atomic E-state index is 0.340. The van der Waals surface area contributed by atoms with E-state index in [0.717, 1.165) is 11.3 Å². The maximum absolute atomic E-state index is 12.2. The highest BCUT2D eigenvalue weighted by atomic mass is 32.2. The lowest BCUT2D eigenvalue weighted by Gasteiger charge is -2.10. The average molecular weight is 398 g/mol. The van der Waals surface area contributed by atoms with E-state index in [-0.39, 0.29) is 5.91 Å². The van der Waals surface area contributed by atoms with Crippen molar-refractivity contribution >= 4 is 35.0 Å². The van der Waals surface area contributed by atoms with Crippen LogP contribution in [-0.4, -0.2) is 33.5 Å². The fraction of sp³-hybridized carbons (Fsp3) is 0.105. The third kappa shape index (κ3) is 5.83. The molecular formula is C19H19N5OS2. The van der Waals surface area contributed by atoms with Crippen LogP contribution in [0.2, 0.25) is 0 Å². The first-order valence-corrected chi connectivity index (χ1v) is 9.74. The first-order valence-electron chi connectivity index (χ1n) is 8.35. The largest absolute Gasteiger partial charge is 0.361 e. The van der Waals surface area contributed by atoms with E-state index in [1.54, 1.807) is 17.8 Å². The summed E-state index contributed by atoms with van der Waals surface area (Å²) in [6, 6.07) is 21.5. The Kier molecular flexibility index (Phi) is 6.84. The van der Waals surface area contributed by atoms with Crippen molar-refractivity contribution in [2.24, 2.45) is 0 Å². The zero-order chi connectivity index (χ0) is 18.9. The lowest BCUT2D eigenvalue weighted by atomic mass is 10.1. The third-order valence-electron chi connectivity index (χ3n) is 3.58. The van der Waals surface area contributed by atoms with Crippen LogP contribution in [0.15, 0.2) is 71.6 Å². The maximum Gasteiger partial charge on any atom is 0.287 e.